The first-order valence-corrected chi connectivity index (χ1v) is 12.0. The molecule has 4 rings (SSSR count). The van der Waals surface area contributed by atoms with E-state index < -0.39 is 0 Å². The van der Waals surface area contributed by atoms with Gasteiger partial charge in [-0.25, -0.2) is 0 Å². The second-order valence-electron chi connectivity index (χ2n) is 7.28. The summed E-state index contributed by atoms with van der Waals surface area (Å²) >= 11 is 10.8. The second kappa shape index (κ2) is 9.90. The minimum atomic E-state index is -0.105. The van der Waals surface area contributed by atoms with Gasteiger partial charge < -0.3 is 5.32 Å². The average molecular weight is 528 g/mol. The maximum atomic E-state index is 12.6. The van der Waals surface area contributed by atoms with Crippen molar-refractivity contribution < 1.29 is 4.79 Å². The number of aromatic nitrogens is 3. The van der Waals surface area contributed by atoms with Gasteiger partial charge in [0.05, 0.1) is 5.75 Å². The number of carbonyl (C=O) groups excluding carboxylic acids is 1. The molecule has 0 bridgehead atoms. The highest BCUT2D eigenvalue weighted by atomic mass is 79.9. The van der Waals surface area contributed by atoms with E-state index in [1.165, 1.54) is 11.8 Å². The number of halogens is 2. The number of rotatable bonds is 6. The zero-order chi connectivity index (χ0) is 22.7. The fraction of sp³-hybridized carbons (Fsp3) is 0.125. The Balaban J connectivity index is 1.60. The second-order valence-corrected chi connectivity index (χ2v) is 9.57. The molecule has 32 heavy (non-hydrogen) atoms. The Kier molecular flexibility index (Phi) is 6.98. The smallest absolute Gasteiger partial charge is 0.234 e. The maximum absolute atomic E-state index is 12.6. The highest BCUT2D eigenvalue weighted by molar-refractivity contribution is 9.10. The van der Waals surface area contributed by atoms with E-state index in [9.17, 15) is 4.79 Å². The Morgan fingerprint density at radius 3 is 2.44 bits per heavy atom. The molecule has 1 N–H and O–H groups in total. The van der Waals surface area contributed by atoms with Crippen LogP contribution in [0.15, 0.2) is 76.4 Å². The summed E-state index contributed by atoms with van der Waals surface area (Å²) in [4.78, 5) is 12.6. The van der Waals surface area contributed by atoms with Crippen molar-refractivity contribution in [1.29, 1.82) is 0 Å². The minimum Gasteiger partial charge on any atom is -0.325 e. The molecule has 4 aromatic rings. The van der Waals surface area contributed by atoms with E-state index in [2.05, 4.69) is 31.4 Å². The summed E-state index contributed by atoms with van der Waals surface area (Å²) in [5, 5.41) is 13.1. The largest absolute Gasteiger partial charge is 0.325 e. The molecule has 8 heteroatoms. The van der Waals surface area contributed by atoms with Crippen LogP contribution in [0.4, 0.5) is 5.69 Å². The third-order valence-corrected chi connectivity index (χ3v) is 6.50. The van der Waals surface area contributed by atoms with Crippen molar-refractivity contribution in [2.45, 2.75) is 19.0 Å². The number of hydrogen-bond acceptors (Lipinski definition) is 4. The zero-order valence-electron chi connectivity index (χ0n) is 17.5. The third kappa shape index (κ3) is 5.23. The van der Waals surface area contributed by atoms with E-state index in [-0.39, 0.29) is 11.7 Å². The standard InChI is InChI=1S/C24H20BrClN4OS/c1-15-3-10-20(11-4-15)30-23(17-5-8-19(26)9-6-17)28-29-24(30)32-14-22(31)27-21-12-7-18(25)13-16(21)2/h3-13H,14H2,1-2H3,(H,27,31). The number of aryl methyl sites for hydroxylation is 2. The Bertz CT molecular complexity index is 1260. The molecule has 0 saturated carbocycles. The number of hydrogen-bond donors (Lipinski definition) is 1. The van der Waals surface area contributed by atoms with Gasteiger partial charge in [-0.1, -0.05) is 57.0 Å². The van der Waals surface area contributed by atoms with Gasteiger partial charge in [-0.2, -0.15) is 0 Å². The molecular weight excluding hydrogens is 508 g/mol. The van der Waals surface area contributed by atoms with Crippen LogP contribution in [-0.2, 0) is 4.79 Å². The van der Waals surface area contributed by atoms with E-state index in [1.807, 2.05) is 85.1 Å². The number of nitrogens with zero attached hydrogens (tertiary/aromatic N) is 3. The Hall–Kier alpha value is -2.61. The predicted octanol–water partition coefficient (Wildman–Crippen LogP) is 6.70. The summed E-state index contributed by atoms with van der Waals surface area (Å²) in [6, 6.07) is 21.4. The average Bonchev–Trinajstić information content (AvgIpc) is 3.19. The van der Waals surface area contributed by atoms with Crippen LogP contribution >= 0.6 is 39.3 Å². The van der Waals surface area contributed by atoms with Crippen LogP contribution in [0, 0.1) is 13.8 Å². The van der Waals surface area contributed by atoms with Crippen molar-refractivity contribution in [2.75, 3.05) is 11.1 Å². The molecule has 162 valence electrons. The molecular formula is C24H20BrClN4OS. The number of thioether (sulfide) groups is 1. The van der Waals surface area contributed by atoms with E-state index in [0.717, 1.165) is 32.5 Å². The molecule has 0 unspecified atom stereocenters. The topological polar surface area (TPSA) is 59.8 Å². The molecule has 0 aliphatic rings. The van der Waals surface area contributed by atoms with Crippen LogP contribution in [0.1, 0.15) is 11.1 Å². The van der Waals surface area contributed by atoms with Crippen molar-refractivity contribution in [3.63, 3.8) is 0 Å². The first kappa shape index (κ1) is 22.6. The van der Waals surface area contributed by atoms with Crippen LogP contribution in [0.5, 0.6) is 0 Å². The third-order valence-electron chi connectivity index (χ3n) is 4.82. The van der Waals surface area contributed by atoms with Gasteiger partial charge in [-0.3, -0.25) is 9.36 Å². The normalized spacial score (nSPS) is 10.9. The predicted molar refractivity (Wildman–Crippen MR) is 135 cm³/mol. The molecule has 1 amide bonds. The Morgan fingerprint density at radius 1 is 1.03 bits per heavy atom. The van der Waals surface area contributed by atoms with Gasteiger partial charge in [0.15, 0.2) is 11.0 Å². The fourth-order valence-corrected chi connectivity index (χ4v) is 4.51. The Morgan fingerprint density at radius 2 is 1.75 bits per heavy atom. The lowest BCUT2D eigenvalue weighted by Crippen LogP contribution is -2.15. The summed E-state index contributed by atoms with van der Waals surface area (Å²) in [6.07, 6.45) is 0. The summed E-state index contributed by atoms with van der Waals surface area (Å²) in [5.74, 6) is 0.796. The van der Waals surface area contributed by atoms with Gasteiger partial charge in [-0.15, -0.1) is 10.2 Å². The zero-order valence-corrected chi connectivity index (χ0v) is 20.6. The van der Waals surface area contributed by atoms with Gasteiger partial charge in [-0.05, 0) is 74.0 Å². The van der Waals surface area contributed by atoms with Crippen molar-refractivity contribution in [3.05, 3.63) is 87.4 Å². The Labute approximate surface area is 204 Å². The first-order chi connectivity index (χ1) is 15.4. The highest BCUT2D eigenvalue weighted by Crippen LogP contribution is 2.29. The fourth-order valence-electron chi connectivity index (χ4n) is 3.16. The quantitative estimate of drug-likeness (QED) is 0.284. The molecule has 1 aromatic heterocycles. The SMILES string of the molecule is Cc1ccc(-n2c(SCC(=O)Nc3ccc(Br)cc3C)nnc2-c2ccc(Cl)cc2)cc1. The molecule has 0 aliphatic carbocycles. The molecule has 0 radical (unpaired) electrons. The van der Waals surface area contributed by atoms with Gasteiger partial charge in [0.2, 0.25) is 5.91 Å². The van der Waals surface area contributed by atoms with Gasteiger partial charge >= 0.3 is 0 Å². The monoisotopic (exact) mass is 526 g/mol. The number of benzene rings is 3. The van der Waals surface area contributed by atoms with Gasteiger partial charge in [0, 0.05) is 26.4 Å². The number of amides is 1. The molecule has 0 atom stereocenters. The van der Waals surface area contributed by atoms with Gasteiger partial charge in [0.25, 0.3) is 0 Å². The van der Waals surface area contributed by atoms with E-state index in [0.29, 0.717) is 16.0 Å². The first-order valence-electron chi connectivity index (χ1n) is 9.88. The number of carbonyl (C=O) groups is 1. The number of anilines is 1. The lowest BCUT2D eigenvalue weighted by molar-refractivity contribution is -0.113. The van der Waals surface area contributed by atoms with E-state index in [1.54, 1.807) is 0 Å². The van der Waals surface area contributed by atoms with Crippen molar-refractivity contribution >= 4 is 50.9 Å². The van der Waals surface area contributed by atoms with E-state index >= 15 is 0 Å². The van der Waals surface area contributed by atoms with Crippen molar-refractivity contribution in [3.8, 4) is 17.1 Å². The van der Waals surface area contributed by atoms with Crippen LogP contribution in [0.3, 0.4) is 0 Å². The van der Waals surface area contributed by atoms with E-state index in [4.69, 9.17) is 11.6 Å². The number of nitrogens with one attached hydrogen (secondary N) is 1. The van der Waals surface area contributed by atoms with Crippen LogP contribution in [-0.4, -0.2) is 26.4 Å². The highest BCUT2D eigenvalue weighted by Gasteiger charge is 2.17. The summed E-state index contributed by atoms with van der Waals surface area (Å²) in [5.41, 5.74) is 4.76. The lowest BCUT2D eigenvalue weighted by Gasteiger charge is -2.11. The summed E-state index contributed by atoms with van der Waals surface area (Å²) in [7, 11) is 0. The van der Waals surface area contributed by atoms with Gasteiger partial charge in [0.1, 0.15) is 0 Å². The molecule has 0 spiro atoms. The summed E-state index contributed by atoms with van der Waals surface area (Å²) < 4.78 is 2.94. The molecule has 0 fully saturated rings. The lowest BCUT2D eigenvalue weighted by atomic mass is 10.2. The molecule has 3 aromatic carbocycles. The van der Waals surface area contributed by atoms with Crippen molar-refractivity contribution in [1.82, 2.24) is 14.8 Å². The summed E-state index contributed by atoms with van der Waals surface area (Å²) in [6.45, 7) is 4.00. The molecule has 0 saturated heterocycles. The van der Waals surface area contributed by atoms with Crippen LogP contribution in [0.2, 0.25) is 5.02 Å². The maximum Gasteiger partial charge on any atom is 0.234 e. The molecule has 0 aliphatic heterocycles. The molecule has 1 heterocycles. The van der Waals surface area contributed by atoms with Crippen LogP contribution < -0.4 is 5.32 Å². The van der Waals surface area contributed by atoms with Crippen LogP contribution in [0.25, 0.3) is 17.1 Å². The minimum absolute atomic E-state index is 0.105. The van der Waals surface area contributed by atoms with Crippen molar-refractivity contribution in [2.24, 2.45) is 0 Å². The molecule has 5 nitrogen and oxygen atoms in total.